The SMILES string of the molecule is CNc1nccc(Oc2cccc3cc(C(=O)Nc4cc(C(C)(C)C)cc(N(CC5=CC=CCC5C)Cc5ccccc5)c4OC)n(C)c23)n1. The summed E-state index contributed by atoms with van der Waals surface area (Å²) in [5.41, 5.74) is 6.24. The van der Waals surface area contributed by atoms with Crippen LogP contribution in [0.25, 0.3) is 10.9 Å². The first-order chi connectivity index (χ1) is 24.0. The van der Waals surface area contributed by atoms with E-state index in [1.807, 2.05) is 48.0 Å². The molecule has 0 aliphatic heterocycles. The summed E-state index contributed by atoms with van der Waals surface area (Å²) in [6, 6.07) is 24.1. The average molecular weight is 671 g/mol. The number of ether oxygens (including phenoxy) is 2. The van der Waals surface area contributed by atoms with Gasteiger partial charge in [-0.05, 0) is 58.7 Å². The molecule has 0 fully saturated rings. The third kappa shape index (κ3) is 7.37. The number of carbonyl (C=O) groups excluding carboxylic acids is 1. The molecule has 2 heterocycles. The number of methoxy groups -OCH3 is 1. The maximum Gasteiger partial charge on any atom is 0.272 e. The number of nitrogens with zero attached hydrogens (tertiary/aromatic N) is 4. The predicted octanol–water partition coefficient (Wildman–Crippen LogP) is 8.89. The minimum Gasteiger partial charge on any atom is -0.492 e. The van der Waals surface area contributed by atoms with Crippen LogP contribution in [0.1, 0.15) is 55.7 Å². The first kappa shape index (κ1) is 34.3. The van der Waals surface area contributed by atoms with Crippen molar-refractivity contribution in [2.24, 2.45) is 13.0 Å². The van der Waals surface area contributed by atoms with Crippen molar-refractivity contribution in [2.75, 3.05) is 36.2 Å². The van der Waals surface area contributed by atoms with Crippen LogP contribution < -0.4 is 25.0 Å². The molecule has 5 aromatic rings. The number of benzene rings is 3. The third-order valence-corrected chi connectivity index (χ3v) is 9.21. The molecule has 2 N–H and O–H groups in total. The van der Waals surface area contributed by atoms with Crippen LogP contribution in [0.3, 0.4) is 0 Å². The Kier molecular flexibility index (Phi) is 9.95. The van der Waals surface area contributed by atoms with Gasteiger partial charge in [0, 0.05) is 44.8 Å². The van der Waals surface area contributed by atoms with E-state index < -0.39 is 0 Å². The molecule has 1 aliphatic carbocycles. The van der Waals surface area contributed by atoms with E-state index >= 15 is 0 Å². The maximum atomic E-state index is 14.2. The molecular formula is C41H46N6O3. The molecule has 0 spiro atoms. The number of rotatable bonds is 11. The molecule has 0 saturated heterocycles. The van der Waals surface area contributed by atoms with Crippen molar-refractivity contribution in [1.82, 2.24) is 14.5 Å². The second-order valence-electron chi connectivity index (χ2n) is 13.8. The van der Waals surface area contributed by atoms with E-state index in [1.54, 1.807) is 26.4 Å². The average Bonchev–Trinajstić information content (AvgIpc) is 3.45. The van der Waals surface area contributed by atoms with E-state index in [0.29, 0.717) is 47.2 Å². The molecule has 6 rings (SSSR count). The Bertz CT molecular complexity index is 2060. The molecule has 9 nitrogen and oxygen atoms in total. The number of amides is 1. The number of hydrogen-bond acceptors (Lipinski definition) is 7. The summed E-state index contributed by atoms with van der Waals surface area (Å²) in [6.07, 6.45) is 9.26. The fourth-order valence-corrected chi connectivity index (χ4v) is 6.34. The molecule has 50 heavy (non-hydrogen) atoms. The fraction of sp³-hybridized carbons (Fsp3) is 0.293. The van der Waals surface area contributed by atoms with Crippen molar-refractivity contribution < 1.29 is 14.3 Å². The molecule has 258 valence electrons. The van der Waals surface area contributed by atoms with Gasteiger partial charge in [-0.1, -0.05) is 88.4 Å². The van der Waals surface area contributed by atoms with Crippen LogP contribution in [-0.2, 0) is 19.0 Å². The van der Waals surface area contributed by atoms with Crippen LogP contribution in [0, 0.1) is 5.92 Å². The Balaban J connectivity index is 1.40. The number of aryl methyl sites for hydroxylation is 1. The Hall–Kier alpha value is -5.57. The maximum absolute atomic E-state index is 14.2. The van der Waals surface area contributed by atoms with Gasteiger partial charge in [-0.3, -0.25) is 4.79 Å². The number of aromatic nitrogens is 3. The van der Waals surface area contributed by atoms with Crippen LogP contribution in [0.4, 0.5) is 17.3 Å². The van der Waals surface area contributed by atoms with Crippen LogP contribution in [0.2, 0.25) is 0 Å². The monoisotopic (exact) mass is 670 g/mol. The zero-order valence-corrected chi connectivity index (χ0v) is 29.9. The first-order valence-corrected chi connectivity index (χ1v) is 17.0. The summed E-state index contributed by atoms with van der Waals surface area (Å²) in [7, 11) is 5.29. The molecule has 9 heteroatoms. The van der Waals surface area contributed by atoms with Gasteiger partial charge in [-0.15, -0.1) is 0 Å². The molecule has 0 radical (unpaired) electrons. The van der Waals surface area contributed by atoms with Crippen LogP contribution >= 0.6 is 0 Å². The lowest BCUT2D eigenvalue weighted by molar-refractivity contribution is 0.101. The smallest absolute Gasteiger partial charge is 0.272 e. The van der Waals surface area contributed by atoms with E-state index in [-0.39, 0.29) is 11.3 Å². The molecule has 2 aromatic heterocycles. The highest BCUT2D eigenvalue weighted by Gasteiger charge is 2.26. The summed E-state index contributed by atoms with van der Waals surface area (Å²) in [5, 5.41) is 7.04. The van der Waals surface area contributed by atoms with E-state index in [0.717, 1.165) is 35.1 Å². The Morgan fingerprint density at radius 2 is 1.84 bits per heavy atom. The van der Waals surface area contributed by atoms with Gasteiger partial charge in [0.1, 0.15) is 5.69 Å². The molecule has 0 bridgehead atoms. The van der Waals surface area contributed by atoms with Crippen molar-refractivity contribution >= 4 is 34.1 Å². The number of fused-ring (bicyclic) bond motifs is 1. The molecular weight excluding hydrogens is 624 g/mol. The summed E-state index contributed by atoms with van der Waals surface area (Å²) in [5.74, 6) is 2.22. The van der Waals surface area contributed by atoms with Crippen molar-refractivity contribution in [3.05, 3.63) is 120 Å². The zero-order chi connectivity index (χ0) is 35.4. The van der Waals surface area contributed by atoms with Gasteiger partial charge < -0.3 is 29.6 Å². The van der Waals surface area contributed by atoms with E-state index in [1.165, 1.54) is 11.1 Å². The number of nitrogens with one attached hydrogen (secondary N) is 2. The van der Waals surface area contributed by atoms with Gasteiger partial charge in [-0.25, -0.2) is 4.98 Å². The molecule has 1 unspecified atom stereocenters. The normalized spacial score (nSPS) is 14.3. The van der Waals surface area contributed by atoms with Crippen molar-refractivity contribution in [3.63, 3.8) is 0 Å². The summed E-state index contributed by atoms with van der Waals surface area (Å²) < 4.78 is 14.2. The second-order valence-corrected chi connectivity index (χ2v) is 13.8. The quantitative estimate of drug-likeness (QED) is 0.145. The molecule has 1 aliphatic rings. The number of anilines is 3. The highest BCUT2D eigenvalue weighted by molar-refractivity contribution is 6.08. The van der Waals surface area contributed by atoms with Gasteiger partial charge >= 0.3 is 0 Å². The van der Waals surface area contributed by atoms with Gasteiger partial charge in [0.05, 0.1) is 24.0 Å². The topological polar surface area (TPSA) is 93.5 Å². The first-order valence-electron chi connectivity index (χ1n) is 17.0. The van der Waals surface area contributed by atoms with E-state index in [9.17, 15) is 4.79 Å². The van der Waals surface area contributed by atoms with Crippen molar-refractivity contribution in [1.29, 1.82) is 0 Å². The van der Waals surface area contributed by atoms with Gasteiger partial charge in [0.2, 0.25) is 11.8 Å². The molecule has 3 aromatic carbocycles. The lowest BCUT2D eigenvalue weighted by Crippen LogP contribution is -2.29. The van der Waals surface area contributed by atoms with Crippen LogP contribution in [-0.4, -0.2) is 41.1 Å². The van der Waals surface area contributed by atoms with Crippen molar-refractivity contribution in [2.45, 2.75) is 46.1 Å². The number of hydrogen-bond donors (Lipinski definition) is 2. The lowest BCUT2D eigenvalue weighted by Gasteiger charge is -2.33. The van der Waals surface area contributed by atoms with Gasteiger partial charge in [0.25, 0.3) is 5.91 Å². The van der Waals surface area contributed by atoms with E-state index in [4.69, 9.17) is 9.47 Å². The van der Waals surface area contributed by atoms with Gasteiger partial charge in [0.15, 0.2) is 11.5 Å². The Morgan fingerprint density at radius 1 is 1.04 bits per heavy atom. The molecule has 1 atom stereocenters. The highest BCUT2D eigenvalue weighted by Crippen LogP contribution is 2.42. The number of carbonyl (C=O) groups is 1. The predicted molar refractivity (Wildman–Crippen MR) is 203 cm³/mol. The zero-order valence-electron chi connectivity index (χ0n) is 29.9. The summed E-state index contributed by atoms with van der Waals surface area (Å²) in [6.45, 7) is 10.2. The minimum atomic E-state index is -0.257. The lowest BCUT2D eigenvalue weighted by atomic mass is 9.86. The minimum absolute atomic E-state index is 0.195. The fourth-order valence-electron chi connectivity index (χ4n) is 6.34. The number of allylic oxidation sites excluding steroid dienone is 3. The standard InChI is InChI=1S/C41H46N6O3/c1-27-14-11-12-17-30(27)26-47(25-28-15-9-8-10-16-28)33-24-31(41(2,3)4)23-32(38(33)49-7)44-39(48)34-22-29-18-13-19-35(37(29)46(34)6)50-36-20-21-43-40(42-5)45-36/h8-13,15-24,27H,14,25-26H2,1-7H3,(H,44,48)(H,42,43,45). The Morgan fingerprint density at radius 3 is 2.56 bits per heavy atom. The number of para-hydroxylation sites is 1. The summed E-state index contributed by atoms with van der Waals surface area (Å²) in [4.78, 5) is 25.2. The molecule has 1 amide bonds. The highest BCUT2D eigenvalue weighted by atomic mass is 16.5. The van der Waals surface area contributed by atoms with Crippen LogP contribution in [0.15, 0.2) is 103 Å². The summed E-state index contributed by atoms with van der Waals surface area (Å²) >= 11 is 0. The largest absolute Gasteiger partial charge is 0.492 e. The second kappa shape index (κ2) is 14.5. The van der Waals surface area contributed by atoms with E-state index in [2.05, 4.69) is 102 Å². The molecule has 0 saturated carbocycles. The Labute approximate surface area is 294 Å². The third-order valence-electron chi connectivity index (χ3n) is 9.21. The van der Waals surface area contributed by atoms with Gasteiger partial charge in [-0.2, -0.15) is 4.98 Å². The van der Waals surface area contributed by atoms with Crippen LogP contribution in [0.5, 0.6) is 17.4 Å². The van der Waals surface area contributed by atoms with Crippen molar-refractivity contribution in [3.8, 4) is 17.4 Å².